The molecule has 0 aromatic heterocycles. The zero-order valence-electron chi connectivity index (χ0n) is 19.8. The Kier molecular flexibility index (Phi) is 7.77. The summed E-state index contributed by atoms with van der Waals surface area (Å²) in [6.07, 6.45) is -0.00506. The Hall–Kier alpha value is -3.30. The van der Waals surface area contributed by atoms with Crippen molar-refractivity contribution in [3.63, 3.8) is 0 Å². The number of nitrogens with one attached hydrogen (secondary N) is 2. The van der Waals surface area contributed by atoms with Crippen LogP contribution in [0.25, 0.3) is 0 Å². The number of carbonyl (C=O) groups excluding carboxylic acids is 2. The van der Waals surface area contributed by atoms with Crippen molar-refractivity contribution in [3.8, 4) is 11.5 Å². The summed E-state index contributed by atoms with van der Waals surface area (Å²) in [6, 6.07) is 10.8. The number of halogens is 1. The molecule has 4 rings (SSSR count). The number of ether oxygens (including phenoxy) is 4. The van der Waals surface area contributed by atoms with Crippen molar-refractivity contribution >= 4 is 35.0 Å². The van der Waals surface area contributed by atoms with Gasteiger partial charge in [0.05, 0.1) is 27.2 Å². The average molecular weight is 502 g/mol. The maximum Gasteiger partial charge on any atom is 0.308 e. The van der Waals surface area contributed by atoms with Crippen LogP contribution in [0.1, 0.15) is 43.4 Å². The van der Waals surface area contributed by atoms with Crippen molar-refractivity contribution in [3.05, 3.63) is 52.5 Å². The number of hydrogen-bond donors (Lipinski definition) is 2. The zero-order valence-corrected chi connectivity index (χ0v) is 20.6. The monoisotopic (exact) mass is 501 g/mol. The summed E-state index contributed by atoms with van der Waals surface area (Å²) < 4.78 is 22.8. The van der Waals surface area contributed by atoms with Crippen molar-refractivity contribution < 1.29 is 28.5 Å². The number of para-hydroxylation sites is 1. The molecule has 186 valence electrons. The van der Waals surface area contributed by atoms with Crippen molar-refractivity contribution in [2.45, 2.75) is 38.4 Å². The molecule has 9 nitrogen and oxygen atoms in total. The SMILES string of the molecule is CCOC(=O)C[C@H]1O[C@H](c2cccc(OC)c2OC)c2cc(Cl)ccc2N/C1=N\NC(=O)C1CC1. The summed E-state index contributed by atoms with van der Waals surface area (Å²) >= 11 is 6.36. The molecule has 2 aliphatic rings. The summed E-state index contributed by atoms with van der Waals surface area (Å²) in [5.74, 6) is 0.640. The fraction of sp³-hybridized carbons (Fsp3) is 0.400. The van der Waals surface area contributed by atoms with Crippen molar-refractivity contribution in [1.29, 1.82) is 0 Å². The first-order chi connectivity index (χ1) is 16.9. The number of hydrogen-bond acceptors (Lipinski definition) is 7. The van der Waals surface area contributed by atoms with Gasteiger partial charge in [0.15, 0.2) is 17.3 Å². The molecule has 0 unspecified atom stereocenters. The highest BCUT2D eigenvalue weighted by Crippen LogP contribution is 2.44. The number of amides is 1. The first kappa shape index (κ1) is 24.8. The Labute approximate surface area is 208 Å². The predicted molar refractivity (Wildman–Crippen MR) is 131 cm³/mol. The molecule has 2 aromatic carbocycles. The summed E-state index contributed by atoms with van der Waals surface area (Å²) in [7, 11) is 3.10. The number of nitrogens with zero attached hydrogens (tertiary/aromatic N) is 1. The second-order valence-corrected chi connectivity index (χ2v) is 8.64. The number of benzene rings is 2. The van der Waals surface area contributed by atoms with Gasteiger partial charge in [0.25, 0.3) is 0 Å². The molecule has 10 heteroatoms. The Balaban J connectivity index is 1.80. The molecule has 2 aromatic rings. The lowest BCUT2D eigenvalue weighted by atomic mass is 9.98. The van der Waals surface area contributed by atoms with E-state index in [1.54, 1.807) is 45.4 Å². The normalized spacial score (nSPS) is 20.3. The lowest BCUT2D eigenvalue weighted by molar-refractivity contribution is -0.145. The molecule has 1 fully saturated rings. The second kappa shape index (κ2) is 11.0. The van der Waals surface area contributed by atoms with Gasteiger partial charge in [-0.2, -0.15) is 5.10 Å². The van der Waals surface area contributed by atoms with Gasteiger partial charge < -0.3 is 24.3 Å². The van der Waals surface area contributed by atoms with Crippen LogP contribution in [-0.4, -0.2) is 44.6 Å². The van der Waals surface area contributed by atoms with E-state index in [0.29, 0.717) is 33.3 Å². The average Bonchev–Trinajstić information content (AvgIpc) is 3.71. The van der Waals surface area contributed by atoms with E-state index < -0.39 is 18.2 Å². The number of carbonyl (C=O) groups is 2. The number of amidine groups is 1. The highest BCUT2D eigenvalue weighted by molar-refractivity contribution is 6.30. The topological polar surface area (TPSA) is 107 Å². The molecule has 1 amide bonds. The smallest absolute Gasteiger partial charge is 0.308 e. The zero-order chi connectivity index (χ0) is 24.9. The van der Waals surface area contributed by atoms with E-state index in [2.05, 4.69) is 15.8 Å². The van der Waals surface area contributed by atoms with E-state index >= 15 is 0 Å². The van der Waals surface area contributed by atoms with Crippen LogP contribution in [0.4, 0.5) is 5.69 Å². The van der Waals surface area contributed by atoms with E-state index in [4.69, 9.17) is 30.5 Å². The van der Waals surface area contributed by atoms with Crippen molar-refractivity contribution in [1.82, 2.24) is 5.43 Å². The fourth-order valence-corrected chi connectivity index (χ4v) is 4.09. The summed E-state index contributed by atoms with van der Waals surface area (Å²) in [4.78, 5) is 24.8. The van der Waals surface area contributed by atoms with Crippen LogP contribution < -0.4 is 20.2 Å². The predicted octanol–water partition coefficient (Wildman–Crippen LogP) is 4.05. The third-order valence-electron chi connectivity index (χ3n) is 5.77. The Bertz CT molecular complexity index is 1130. The minimum absolute atomic E-state index is 0.0329. The summed E-state index contributed by atoms with van der Waals surface area (Å²) in [5, 5.41) is 8.05. The van der Waals surface area contributed by atoms with E-state index in [1.165, 1.54) is 0 Å². The molecule has 0 spiro atoms. The molecule has 1 heterocycles. The number of methoxy groups -OCH3 is 2. The Morgan fingerprint density at radius 3 is 2.66 bits per heavy atom. The lowest BCUT2D eigenvalue weighted by Gasteiger charge is -2.24. The first-order valence-corrected chi connectivity index (χ1v) is 11.8. The molecule has 35 heavy (non-hydrogen) atoms. The van der Waals surface area contributed by atoms with Gasteiger partial charge in [0, 0.05) is 27.8 Å². The molecule has 2 N–H and O–H groups in total. The van der Waals surface area contributed by atoms with Crippen LogP contribution >= 0.6 is 11.6 Å². The third kappa shape index (κ3) is 5.68. The number of rotatable bonds is 8. The summed E-state index contributed by atoms with van der Waals surface area (Å²) in [6.45, 7) is 1.96. The second-order valence-electron chi connectivity index (χ2n) is 8.20. The molecule has 0 radical (unpaired) electrons. The molecular formula is C25H28ClN3O6. The van der Waals surface area contributed by atoms with E-state index in [-0.39, 0.29) is 30.7 Å². The largest absolute Gasteiger partial charge is 0.493 e. The first-order valence-electron chi connectivity index (χ1n) is 11.4. The molecule has 2 atom stereocenters. The van der Waals surface area contributed by atoms with Crippen LogP contribution in [0.3, 0.4) is 0 Å². The third-order valence-corrected chi connectivity index (χ3v) is 6.01. The van der Waals surface area contributed by atoms with Gasteiger partial charge >= 0.3 is 5.97 Å². The molecule has 0 saturated heterocycles. The van der Waals surface area contributed by atoms with Gasteiger partial charge in [-0.05, 0) is 44.0 Å². The number of esters is 1. The maximum atomic E-state index is 12.5. The number of anilines is 1. The standard InChI is InChI=1S/C25H28ClN3O6/c1-4-34-21(30)13-20-24(28-29-25(31)14-8-9-14)27-18-11-10-15(26)12-17(18)22(35-20)16-6-5-7-19(32-2)23(16)33-3/h5-7,10-12,14,20,22H,4,8-9,13H2,1-3H3,(H,27,28)(H,29,31)/t20-,22-/m1/s1. The lowest BCUT2D eigenvalue weighted by Crippen LogP contribution is -2.35. The maximum absolute atomic E-state index is 12.5. The van der Waals surface area contributed by atoms with Gasteiger partial charge in [-0.25, -0.2) is 5.43 Å². The van der Waals surface area contributed by atoms with Crippen LogP contribution in [0.2, 0.25) is 5.02 Å². The van der Waals surface area contributed by atoms with Gasteiger partial charge in [0.2, 0.25) is 5.91 Å². The highest BCUT2D eigenvalue weighted by Gasteiger charge is 2.35. The number of hydrazone groups is 1. The minimum Gasteiger partial charge on any atom is -0.493 e. The molecule has 0 bridgehead atoms. The number of fused-ring (bicyclic) bond motifs is 1. The Morgan fingerprint density at radius 2 is 1.97 bits per heavy atom. The van der Waals surface area contributed by atoms with E-state index in [0.717, 1.165) is 12.8 Å². The van der Waals surface area contributed by atoms with Crippen molar-refractivity contribution in [2.75, 3.05) is 26.1 Å². The highest BCUT2D eigenvalue weighted by atomic mass is 35.5. The molecule has 1 aliphatic carbocycles. The minimum atomic E-state index is -0.861. The van der Waals surface area contributed by atoms with Crippen LogP contribution in [0, 0.1) is 5.92 Å². The van der Waals surface area contributed by atoms with Gasteiger partial charge in [-0.15, -0.1) is 0 Å². The molecule has 1 saturated carbocycles. The van der Waals surface area contributed by atoms with Crippen LogP contribution in [0.5, 0.6) is 11.5 Å². The van der Waals surface area contributed by atoms with Gasteiger partial charge in [-0.3, -0.25) is 9.59 Å². The summed E-state index contributed by atoms with van der Waals surface area (Å²) in [5.41, 5.74) is 4.64. The fourth-order valence-electron chi connectivity index (χ4n) is 3.91. The molecule has 1 aliphatic heterocycles. The van der Waals surface area contributed by atoms with Crippen LogP contribution in [-0.2, 0) is 19.1 Å². The van der Waals surface area contributed by atoms with Crippen LogP contribution in [0.15, 0.2) is 41.5 Å². The molecular weight excluding hydrogens is 474 g/mol. The van der Waals surface area contributed by atoms with E-state index in [1.807, 2.05) is 12.1 Å². The quantitative estimate of drug-likeness (QED) is 0.415. The van der Waals surface area contributed by atoms with E-state index in [9.17, 15) is 9.59 Å². The van der Waals surface area contributed by atoms with Gasteiger partial charge in [0.1, 0.15) is 12.2 Å². The Morgan fingerprint density at radius 1 is 1.17 bits per heavy atom. The van der Waals surface area contributed by atoms with Crippen molar-refractivity contribution in [2.24, 2.45) is 11.0 Å². The van der Waals surface area contributed by atoms with Gasteiger partial charge in [-0.1, -0.05) is 23.7 Å².